The van der Waals surface area contributed by atoms with Crippen molar-refractivity contribution in [1.29, 1.82) is 0 Å². The molecule has 5 heteroatoms. The molecule has 0 bridgehead atoms. The van der Waals surface area contributed by atoms with Crippen molar-refractivity contribution in [2.45, 2.75) is 46.6 Å². The van der Waals surface area contributed by atoms with E-state index in [0.717, 1.165) is 22.3 Å². The molecule has 0 aromatic heterocycles. The highest BCUT2D eigenvalue weighted by atomic mass is 19.1. The summed E-state index contributed by atoms with van der Waals surface area (Å²) in [6.07, 6.45) is 0.861. The number of esters is 1. The summed E-state index contributed by atoms with van der Waals surface area (Å²) in [6.45, 7) is 7.09. The standard InChI is InChI=1S/C27H28F2O3/c1-17(2)32-27(30)16-31-26-11-10-25(29)24(19(26)4)9-8-20-12-18(3)13-22(14-20)21-6-5-7-23(28)15-21/h5-7,10-15,17H,8-9,16H2,1-4H3. The quantitative estimate of drug-likeness (QED) is 0.384. The number of rotatable bonds is 8. The minimum atomic E-state index is -0.463. The Morgan fingerprint density at radius 1 is 0.938 bits per heavy atom. The molecule has 0 fully saturated rings. The maximum atomic E-state index is 14.6. The average Bonchev–Trinajstić information content (AvgIpc) is 2.72. The van der Waals surface area contributed by atoms with Gasteiger partial charge in [0.25, 0.3) is 0 Å². The maximum Gasteiger partial charge on any atom is 0.344 e. The molecule has 3 aromatic carbocycles. The van der Waals surface area contributed by atoms with Gasteiger partial charge in [-0.05, 0) is 92.6 Å². The monoisotopic (exact) mass is 438 g/mol. The first-order chi connectivity index (χ1) is 15.2. The molecule has 0 radical (unpaired) electrons. The second kappa shape index (κ2) is 10.4. The van der Waals surface area contributed by atoms with Gasteiger partial charge in [-0.25, -0.2) is 13.6 Å². The van der Waals surface area contributed by atoms with Crippen molar-refractivity contribution in [3.63, 3.8) is 0 Å². The highest BCUT2D eigenvalue weighted by molar-refractivity contribution is 5.71. The Morgan fingerprint density at radius 3 is 2.44 bits per heavy atom. The molecule has 32 heavy (non-hydrogen) atoms. The van der Waals surface area contributed by atoms with Gasteiger partial charge in [0.15, 0.2) is 6.61 Å². The lowest BCUT2D eigenvalue weighted by molar-refractivity contribution is -0.149. The van der Waals surface area contributed by atoms with Crippen molar-refractivity contribution in [2.75, 3.05) is 6.61 Å². The molecule has 0 N–H and O–H groups in total. The molecule has 0 unspecified atom stereocenters. The first-order valence-corrected chi connectivity index (χ1v) is 10.7. The fourth-order valence-electron chi connectivity index (χ4n) is 3.71. The lowest BCUT2D eigenvalue weighted by atomic mass is 9.95. The van der Waals surface area contributed by atoms with E-state index < -0.39 is 5.97 Å². The minimum absolute atomic E-state index is 0.220. The van der Waals surface area contributed by atoms with E-state index >= 15 is 0 Å². The van der Waals surface area contributed by atoms with E-state index in [1.54, 1.807) is 26.8 Å². The van der Waals surface area contributed by atoms with E-state index in [1.165, 1.54) is 24.3 Å². The molecule has 0 amide bonds. The SMILES string of the molecule is Cc1cc(CCc2c(F)ccc(OCC(=O)OC(C)C)c2C)cc(-c2cccc(F)c2)c1. The average molecular weight is 439 g/mol. The van der Waals surface area contributed by atoms with Gasteiger partial charge in [0, 0.05) is 0 Å². The molecule has 0 saturated heterocycles. The largest absolute Gasteiger partial charge is 0.482 e. The van der Waals surface area contributed by atoms with Crippen LogP contribution in [0.5, 0.6) is 5.75 Å². The molecule has 0 aliphatic carbocycles. The van der Waals surface area contributed by atoms with E-state index in [2.05, 4.69) is 6.07 Å². The molecule has 0 aliphatic rings. The van der Waals surface area contributed by atoms with E-state index in [4.69, 9.17) is 9.47 Å². The van der Waals surface area contributed by atoms with Crippen LogP contribution in [-0.2, 0) is 22.4 Å². The van der Waals surface area contributed by atoms with Crippen LogP contribution in [0.2, 0.25) is 0 Å². The molecule has 0 saturated carbocycles. The van der Waals surface area contributed by atoms with Gasteiger partial charge >= 0.3 is 5.97 Å². The lowest BCUT2D eigenvalue weighted by Gasteiger charge is -2.15. The molecule has 0 atom stereocenters. The number of ether oxygens (including phenoxy) is 2. The van der Waals surface area contributed by atoms with Gasteiger partial charge in [0.05, 0.1) is 6.10 Å². The number of hydrogen-bond acceptors (Lipinski definition) is 3. The molecule has 3 nitrogen and oxygen atoms in total. The first kappa shape index (κ1) is 23.5. The summed E-state index contributed by atoms with van der Waals surface area (Å²) >= 11 is 0. The van der Waals surface area contributed by atoms with Crippen LogP contribution in [0.4, 0.5) is 8.78 Å². The third kappa shape index (κ3) is 6.16. The molecule has 0 heterocycles. The topological polar surface area (TPSA) is 35.5 Å². The number of benzene rings is 3. The minimum Gasteiger partial charge on any atom is -0.482 e. The molecular formula is C27H28F2O3. The van der Waals surface area contributed by atoms with Crippen molar-refractivity contribution in [2.24, 2.45) is 0 Å². The zero-order valence-electron chi connectivity index (χ0n) is 18.9. The summed E-state index contributed by atoms with van der Waals surface area (Å²) in [5, 5.41) is 0. The van der Waals surface area contributed by atoms with Crippen LogP contribution in [0.15, 0.2) is 54.6 Å². The zero-order chi connectivity index (χ0) is 23.3. The van der Waals surface area contributed by atoms with Gasteiger partial charge in [-0.3, -0.25) is 0 Å². The van der Waals surface area contributed by atoms with Gasteiger partial charge in [-0.1, -0.05) is 35.9 Å². The summed E-state index contributed by atoms with van der Waals surface area (Å²) in [4.78, 5) is 11.8. The van der Waals surface area contributed by atoms with Crippen molar-refractivity contribution in [1.82, 2.24) is 0 Å². The molecular weight excluding hydrogens is 410 g/mol. The third-order valence-electron chi connectivity index (χ3n) is 5.16. The van der Waals surface area contributed by atoms with Crippen molar-refractivity contribution in [3.8, 4) is 16.9 Å². The van der Waals surface area contributed by atoms with Crippen LogP contribution in [0, 0.1) is 25.5 Å². The third-order valence-corrected chi connectivity index (χ3v) is 5.16. The Hall–Kier alpha value is -3.21. The second-order valence-electron chi connectivity index (χ2n) is 8.19. The molecule has 3 rings (SSSR count). The Kier molecular flexibility index (Phi) is 7.62. The fourth-order valence-corrected chi connectivity index (χ4v) is 3.71. The van der Waals surface area contributed by atoms with E-state index in [9.17, 15) is 13.6 Å². The number of hydrogen-bond donors (Lipinski definition) is 0. The number of carbonyl (C=O) groups is 1. The predicted molar refractivity (Wildman–Crippen MR) is 122 cm³/mol. The van der Waals surface area contributed by atoms with Crippen LogP contribution in [0.1, 0.15) is 36.1 Å². The Morgan fingerprint density at radius 2 is 1.72 bits per heavy atom. The van der Waals surface area contributed by atoms with Gasteiger partial charge in [-0.2, -0.15) is 0 Å². The lowest BCUT2D eigenvalue weighted by Crippen LogP contribution is -2.19. The van der Waals surface area contributed by atoms with Gasteiger partial charge < -0.3 is 9.47 Å². The molecule has 0 spiro atoms. The summed E-state index contributed by atoms with van der Waals surface area (Å²) in [5.41, 5.74) is 5.04. The highest BCUT2D eigenvalue weighted by Gasteiger charge is 2.14. The van der Waals surface area contributed by atoms with Gasteiger partial charge in [0.1, 0.15) is 17.4 Å². The van der Waals surface area contributed by atoms with E-state index in [1.807, 2.05) is 25.1 Å². The van der Waals surface area contributed by atoms with Crippen molar-refractivity contribution < 1.29 is 23.0 Å². The van der Waals surface area contributed by atoms with Crippen molar-refractivity contribution in [3.05, 3.63) is 88.5 Å². The zero-order valence-corrected chi connectivity index (χ0v) is 18.9. The van der Waals surface area contributed by atoms with E-state index in [-0.39, 0.29) is 24.3 Å². The van der Waals surface area contributed by atoms with Gasteiger partial charge in [-0.15, -0.1) is 0 Å². The molecule has 3 aromatic rings. The van der Waals surface area contributed by atoms with Crippen LogP contribution in [0.25, 0.3) is 11.1 Å². The summed E-state index contributed by atoms with van der Waals surface area (Å²) < 4.78 is 38.9. The summed E-state index contributed by atoms with van der Waals surface area (Å²) in [7, 11) is 0. The second-order valence-corrected chi connectivity index (χ2v) is 8.19. The number of carbonyl (C=O) groups excluding carboxylic acids is 1. The molecule has 0 aliphatic heterocycles. The maximum absolute atomic E-state index is 14.6. The predicted octanol–water partition coefficient (Wildman–Crippen LogP) is 6.36. The van der Waals surface area contributed by atoms with Crippen LogP contribution in [-0.4, -0.2) is 18.7 Å². The van der Waals surface area contributed by atoms with Crippen LogP contribution in [0.3, 0.4) is 0 Å². The highest BCUT2D eigenvalue weighted by Crippen LogP contribution is 2.27. The molecule has 168 valence electrons. The van der Waals surface area contributed by atoms with E-state index in [0.29, 0.717) is 29.7 Å². The Labute approximate surface area is 188 Å². The first-order valence-electron chi connectivity index (χ1n) is 10.7. The Balaban J connectivity index is 1.76. The number of halogens is 2. The van der Waals surface area contributed by atoms with Crippen LogP contribution < -0.4 is 4.74 Å². The smallest absolute Gasteiger partial charge is 0.344 e. The summed E-state index contributed by atoms with van der Waals surface area (Å²) in [5.74, 6) is -0.586. The van der Waals surface area contributed by atoms with Crippen molar-refractivity contribution >= 4 is 5.97 Å². The number of aryl methyl sites for hydroxylation is 2. The Bertz CT molecular complexity index is 1110. The van der Waals surface area contributed by atoms with Crippen LogP contribution >= 0.6 is 0 Å². The summed E-state index contributed by atoms with van der Waals surface area (Å²) in [6, 6.07) is 15.5. The van der Waals surface area contributed by atoms with Gasteiger partial charge in [0.2, 0.25) is 0 Å². The fraction of sp³-hybridized carbons (Fsp3) is 0.296. The normalized spacial score (nSPS) is 11.0.